The SMILES string of the molecule is CC1(C)COCCN1C(=O)Cc1ccc2c(c1)CCCC2. The number of hydrogen-bond donors (Lipinski definition) is 0. The molecule has 0 N–H and O–H groups in total. The number of aryl methyl sites for hydroxylation is 2. The first kappa shape index (κ1) is 14.6. The van der Waals surface area contributed by atoms with Crippen molar-refractivity contribution in [2.24, 2.45) is 0 Å². The number of amides is 1. The number of carbonyl (C=O) groups excluding carboxylic acids is 1. The zero-order chi connectivity index (χ0) is 14.9. The molecule has 1 amide bonds. The first-order valence-electron chi connectivity index (χ1n) is 8.05. The summed E-state index contributed by atoms with van der Waals surface area (Å²) in [5, 5.41) is 0. The monoisotopic (exact) mass is 287 g/mol. The van der Waals surface area contributed by atoms with Crippen molar-refractivity contribution in [1.82, 2.24) is 4.90 Å². The highest BCUT2D eigenvalue weighted by Gasteiger charge is 2.33. The molecule has 0 bridgehead atoms. The third-order valence-electron chi connectivity index (χ3n) is 4.71. The number of benzene rings is 1. The summed E-state index contributed by atoms with van der Waals surface area (Å²) in [6, 6.07) is 6.61. The third kappa shape index (κ3) is 3.13. The van der Waals surface area contributed by atoms with Crippen LogP contribution in [0.3, 0.4) is 0 Å². The van der Waals surface area contributed by atoms with Crippen molar-refractivity contribution < 1.29 is 9.53 Å². The van der Waals surface area contributed by atoms with Crippen molar-refractivity contribution in [3.8, 4) is 0 Å². The van der Waals surface area contributed by atoms with E-state index >= 15 is 0 Å². The normalized spacial score (nSPS) is 21.0. The molecule has 0 saturated carbocycles. The Hall–Kier alpha value is -1.35. The van der Waals surface area contributed by atoms with E-state index in [1.165, 1.54) is 36.8 Å². The molecular formula is C18H25NO2. The molecule has 1 heterocycles. The Labute approximate surface area is 127 Å². The fourth-order valence-electron chi connectivity index (χ4n) is 3.49. The Morgan fingerprint density at radius 3 is 2.76 bits per heavy atom. The highest BCUT2D eigenvalue weighted by atomic mass is 16.5. The molecule has 1 aliphatic heterocycles. The van der Waals surface area contributed by atoms with Crippen molar-refractivity contribution in [1.29, 1.82) is 0 Å². The van der Waals surface area contributed by atoms with Crippen molar-refractivity contribution in [2.45, 2.75) is 51.5 Å². The predicted octanol–water partition coefficient (Wildman–Crippen LogP) is 2.75. The Kier molecular flexibility index (Phi) is 4.03. The molecule has 3 rings (SSSR count). The summed E-state index contributed by atoms with van der Waals surface area (Å²) in [6.07, 6.45) is 5.45. The van der Waals surface area contributed by atoms with Gasteiger partial charge in [-0.25, -0.2) is 0 Å². The average Bonchev–Trinajstić information content (AvgIpc) is 2.46. The fraction of sp³-hybridized carbons (Fsp3) is 0.611. The van der Waals surface area contributed by atoms with Crippen LogP contribution in [0.1, 0.15) is 43.4 Å². The maximum absolute atomic E-state index is 12.6. The highest BCUT2D eigenvalue weighted by Crippen LogP contribution is 2.24. The molecule has 1 aliphatic carbocycles. The number of nitrogens with zero attached hydrogens (tertiary/aromatic N) is 1. The number of hydrogen-bond acceptors (Lipinski definition) is 2. The predicted molar refractivity (Wildman–Crippen MR) is 83.4 cm³/mol. The lowest BCUT2D eigenvalue weighted by molar-refractivity contribution is -0.145. The lowest BCUT2D eigenvalue weighted by Crippen LogP contribution is -2.55. The number of fused-ring (bicyclic) bond motifs is 1. The summed E-state index contributed by atoms with van der Waals surface area (Å²) in [7, 11) is 0. The second-order valence-corrected chi connectivity index (χ2v) is 6.90. The molecule has 2 aliphatic rings. The molecule has 0 aromatic heterocycles. The van der Waals surface area contributed by atoms with E-state index in [0.29, 0.717) is 26.2 Å². The van der Waals surface area contributed by atoms with Crippen LogP contribution in [0.25, 0.3) is 0 Å². The van der Waals surface area contributed by atoms with Crippen LogP contribution in [0.15, 0.2) is 18.2 Å². The molecule has 1 aromatic carbocycles. The van der Waals surface area contributed by atoms with Gasteiger partial charge in [0.05, 0.1) is 25.2 Å². The largest absolute Gasteiger partial charge is 0.377 e. The zero-order valence-electron chi connectivity index (χ0n) is 13.2. The van der Waals surface area contributed by atoms with Gasteiger partial charge in [0.15, 0.2) is 0 Å². The van der Waals surface area contributed by atoms with Crippen LogP contribution >= 0.6 is 0 Å². The van der Waals surface area contributed by atoms with Crippen molar-refractivity contribution in [2.75, 3.05) is 19.8 Å². The fourth-order valence-corrected chi connectivity index (χ4v) is 3.49. The van der Waals surface area contributed by atoms with Crippen molar-refractivity contribution in [3.63, 3.8) is 0 Å². The first-order valence-corrected chi connectivity index (χ1v) is 8.05. The summed E-state index contributed by atoms with van der Waals surface area (Å²) < 4.78 is 5.50. The molecule has 1 aromatic rings. The molecule has 0 spiro atoms. The smallest absolute Gasteiger partial charge is 0.227 e. The Morgan fingerprint density at radius 1 is 1.24 bits per heavy atom. The molecule has 0 atom stereocenters. The van der Waals surface area contributed by atoms with Gasteiger partial charge in [0.2, 0.25) is 5.91 Å². The number of rotatable bonds is 2. The molecule has 21 heavy (non-hydrogen) atoms. The highest BCUT2D eigenvalue weighted by molar-refractivity contribution is 5.79. The van der Waals surface area contributed by atoms with E-state index in [1.807, 2.05) is 4.90 Å². The summed E-state index contributed by atoms with van der Waals surface area (Å²) in [5.41, 5.74) is 3.89. The minimum Gasteiger partial charge on any atom is -0.377 e. The maximum atomic E-state index is 12.6. The van der Waals surface area contributed by atoms with Crippen LogP contribution in [0.5, 0.6) is 0 Å². The van der Waals surface area contributed by atoms with Gasteiger partial charge >= 0.3 is 0 Å². The van der Waals surface area contributed by atoms with Crippen LogP contribution in [-0.4, -0.2) is 36.1 Å². The van der Waals surface area contributed by atoms with Gasteiger partial charge in [-0.1, -0.05) is 18.2 Å². The van der Waals surface area contributed by atoms with Crippen LogP contribution in [-0.2, 0) is 28.8 Å². The van der Waals surface area contributed by atoms with Gasteiger partial charge in [-0.2, -0.15) is 0 Å². The third-order valence-corrected chi connectivity index (χ3v) is 4.71. The lowest BCUT2D eigenvalue weighted by atomic mass is 9.89. The first-order chi connectivity index (χ1) is 10.1. The standard InChI is InChI=1S/C18H25NO2/c1-18(2)13-21-10-9-19(18)17(20)12-14-7-8-15-5-3-4-6-16(15)11-14/h7-8,11H,3-6,9-10,12-13H2,1-2H3. The zero-order valence-corrected chi connectivity index (χ0v) is 13.2. The van der Waals surface area contributed by atoms with E-state index in [0.717, 1.165) is 5.56 Å². The van der Waals surface area contributed by atoms with E-state index in [4.69, 9.17) is 4.74 Å². The topological polar surface area (TPSA) is 29.5 Å². The number of carbonyl (C=O) groups is 1. The van der Waals surface area contributed by atoms with Crippen LogP contribution in [0, 0.1) is 0 Å². The second-order valence-electron chi connectivity index (χ2n) is 6.90. The van der Waals surface area contributed by atoms with Gasteiger partial charge in [0.25, 0.3) is 0 Å². The van der Waals surface area contributed by atoms with E-state index in [2.05, 4.69) is 32.0 Å². The van der Waals surface area contributed by atoms with Crippen LogP contribution < -0.4 is 0 Å². The molecule has 0 radical (unpaired) electrons. The minimum absolute atomic E-state index is 0.191. The second kappa shape index (κ2) is 5.80. The van der Waals surface area contributed by atoms with E-state index < -0.39 is 0 Å². The molecule has 114 valence electrons. The lowest BCUT2D eigenvalue weighted by Gasteiger charge is -2.42. The molecule has 1 saturated heterocycles. The van der Waals surface area contributed by atoms with E-state index in [1.54, 1.807) is 0 Å². The molecule has 1 fully saturated rings. The van der Waals surface area contributed by atoms with Gasteiger partial charge in [0, 0.05) is 6.54 Å². The van der Waals surface area contributed by atoms with Gasteiger partial charge in [0.1, 0.15) is 0 Å². The van der Waals surface area contributed by atoms with Crippen molar-refractivity contribution >= 4 is 5.91 Å². The summed E-state index contributed by atoms with van der Waals surface area (Å²) in [4.78, 5) is 14.6. The minimum atomic E-state index is -0.191. The Balaban J connectivity index is 1.72. The summed E-state index contributed by atoms with van der Waals surface area (Å²) in [5.74, 6) is 0.221. The van der Waals surface area contributed by atoms with Gasteiger partial charge in [-0.15, -0.1) is 0 Å². The van der Waals surface area contributed by atoms with E-state index in [-0.39, 0.29) is 11.4 Å². The van der Waals surface area contributed by atoms with Crippen molar-refractivity contribution in [3.05, 3.63) is 34.9 Å². The number of morpholine rings is 1. The molecule has 0 unspecified atom stereocenters. The molecule has 3 nitrogen and oxygen atoms in total. The number of ether oxygens (including phenoxy) is 1. The summed E-state index contributed by atoms with van der Waals surface area (Å²) >= 11 is 0. The van der Waals surface area contributed by atoms with Gasteiger partial charge in [-0.05, 0) is 56.2 Å². The molecular weight excluding hydrogens is 262 g/mol. The van der Waals surface area contributed by atoms with Crippen LogP contribution in [0.2, 0.25) is 0 Å². The maximum Gasteiger partial charge on any atom is 0.227 e. The van der Waals surface area contributed by atoms with Crippen LogP contribution in [0.4, 0.5) is 0 Å². The van der Waals surface area contributed by atoms with Gasteiger partial charge in [-0.3, -0.25) is 4.79 Å². The van der Waals surface area contributed by atoms with Gasteiger partial charge < -0.3 is 9.64 Å². The summed E-state index contributed by atoms with van der Waals surface area (Å²) in [6.45, 7) is 6.15. The quantitative estimate of drug-likeness (QED) is 0.837. The van der Waals surface area contributed by atoms with E-state index in [9.17, 15) is 4.79 Å². The molecule has 3 heteroatoms. The Morgan fingerprint density at radius 2 is 2.00 bits per heavy atom. The average molecular weight is 287 g/mol. The Bertz CT molecular complexity index is 536.